The zero-order valence-corrected chi connectivity index (χ0v) is 12.9. The minimum absolute atomic E-state index is 0.206. The molecular weight excluding hydrogens is 264 g/mol. The van der Waals surface area contributed by atoms with Gasteiger partial charge in [0.15, 0.2) is 0 Å². The van der Waals surface area contributed by atoms with Crippen LogP contribution in [0.2, 0.25) is 0 Å². The van der Waals surface area contributed by atoms with E-state index in [4.69, 9.17) is 0 Å². The van der Waals surface area contributed by atoms with Gasteiger partial charge in [0.2, 0.25) is 0 Å². The number of benzene rings is 1. The van der Waals surface area contributed by atoms with Crippen molar-refractivity contribution in [2.24, 2.45) is 0 Å². The second kappa shape index (κ2) is 5.08. The predicted octanol–water partition coefficient (Wildman–Crippen LogP) is 4.24. The van der Waals surface area contributed by atoms with Crippen molar-refractivity contribution >= 4 is 17.0 Å². The zero-order valence-electron chi connectivity index (χ0n) is 12.1. The highest BCUT2D eigenvalue weighted by atomic mass is 32.1. The van der Waals surface area contributed by atoms with Crippen LogP contribution in [0, 0.1) is 0 Å². The number of hydrazine groups is 1. The van der Waals surface area contributed by atoms with Gasteiger partial charge in [0.25, 0.3) is 0 Å². The van der Waals surface area contributed by atoms with Crippen LogP contribution >= 0.6 is 11.3 Å². The maximum absolute atomic E-state index is 3.33. The normalized spacial score (nSPS) is 18.8. The molecule has 3 heteroatoms. The maximum atomic E-state index is 3.33. The topological polar surface area (TPSA) is 24.1 Å². The lowest BCUT2D eigenvalue weighted by molar-refractivity contribution is 0.587. The summed E-state index contributed by atoms with van der Waals surface area (Å²) in [4.78, 5) is 1.27. The van der Waals surface area contributed by atoms with E-state index in [2.05, 4.69) is 79.5 Å². The van der Waals surface area contributed by atoms with Crippen LogP contribution in [0.25, 0.3) is 5.70 Å². The molecule has 2 aromatic rings. The van der Waals surface area contributed by atoms with Crippen LogP contribution in [-0.2, 0) is 5.41 Å². The Balaban J connectivity index is 1.81. The molecule has 2 heterocycles. The van der Waals surface area contributed by atoms with E-state index in [1.54, 1.807) is 11.3 Å². The third-order valence-electron chi connectivity index (χ3n) is 3.62. The van der Waals surface area contributed by atoms with Crippen molar-refractivity contribution in [2.75, 3.05) is 0 Å². The fraction of sp³-hybridized carbons (Fsp3) is 0.294. The van der Waals surface area contributed by atoms with Gasteiger partial charge in [-0.1, -0.05) is 51.1 Å². The van der Waals surface area contributed by atoms with Crippen molar-refractivity contribution in [1.29, 1.82) is 0 Å². The van der Waals surface area contributed by atoms with Crippen LogP contribution < -0.4 is 10.9 Å². The van der Waals surface area contributed by atoms with Crippen LogP contribution in [0.3, 0.4) is 0 Å². The van der Waals surface area contributed by atoms with Crippen LogP contribution in [0.1, 0.15) is 42.8 Å². The minimum Gasteiger partial charge on any atom is -0.319 e. The monoisotopic (exact) mass is 284 g/mol. The first-order chi connectivity index (χ1) is 9.54. The summed E-state index contributed by atoms with van der Waals surface area (Å²) in [6, 6.07) is 13.3. The lowest BCUT2D eigenvalue weighted by atomic mass is 9.86. The van der Waals surface area contributed by atoms with Crippen molar-refractivity contribution in [3.8, 4) is 0 Å². The first kappa shape index (κ1) is 13.4. The van der Waals surface area contributed by atoms with E-state index in [9.17, 15) is 0 Å². The quantitative estimate of drug-likeness (QED) is 0.862. The molecule has 2 N–H and O–H groups in total. The predicted molar refractivity (Wildman–Crippen MR) is 86.5 cm³/mol. The highest BCUT2D eigenvalue weighted by Crippen LogP contribution is 2.28. The molecule has 3 rings (SSSR count). The standard InChI is InChI=1S/C17H20N2S/c1-17(2,3)13-8-6-12(7-9-13)14-11-15(19-18-14)16-5-4-10-20-16/h4-11,14,18-19H,1-3H3. The SMILES string of the molecule is CC(C)(C)c1ccc(C2C=C(c3cccs3)NN2)cc1. The van der Waals surface area contributed by atoms with Gasteiger partial charge in [0, 0.05) is 0 Å². The molecule has 2 nitrogen and oxygen atoms in total. The number of nitrogens with one attached hydrogen (secondary N) is 2. The Morgan fingerprint density at radius 2 is 1.80 bits per heavy atom. The highest BCUT2D eigenvalue weighted by molar-refractivity contribution is 7.11. The van der Waals surface area contributed by atoms with Crippen molar-refractivity contribution in [3.05, 3.63) is 63.9 Å². The first-order valence-corrected chi connectivity index (χ1v) is 7.80. The molecule has 1 aliphatic rings. The molecule has 0 amide bonds. The Kier molecular flexibility index (Phi) is 3.40. The van der Waals surface area contributed by atoms with E-state index >= 15 is 0 Å². The van der Waals surface area contributed by atoms with E-state index in [1.165, 1.54) is 21.7 Å². The molecule has 0 saturated heterocycles. The Bertz CT molecular complexity index is 603. The van der Waals surface area contributed by atoms with Gasteiger partial charge in [0.1, 0.15) is 0 Å². The Morgan fingerprint density at radius 3 is 2.40 bits per heavy atom. The van der Waals surface area contributed by atoms with Crippen LogP contribution in [0.5, 0.6) is 0 Å². The molecule has 0 spiro atoms. The van der Waals surface area contributed by atoms with E-state index in [0.29, 0.717) is 0 Å². The summed E-state index contributed by atoms with van der Waals surface area (Å²) in [7, 11) is 0. The number of rotatable bonds is 2. The third-order valence-corrected chi connectivity index (χ3v) is 4.52. The summed E-state index contributed by atoms with van der Waals surface area (Å²) in [6.45, 7) is 6.73. The van der Waals surface area contributed by atoms with Gasteiger partial charge in [-0.3, -0.25) is 0 Å². The molecule has 1 unspecified atom stereocenters. The molecule has 0 radical (unpaired) electrons. The number of hydrogen-bond donors (Lipinski definition) is 2. The van der Waals surface area contributed by atoms with E-state index in [1.807, 2.05) is 0 Å². The lowest BCUT2D eigenvalue weighted by Crippen LogP contribution is -2.26. The van der Waals surface area contributed by atoms with Gasteiger partial charge in [0.05, 0.1) is 16.6 Å². The molecule has 0 bridgehead atoms. The summed E-state index contributed by atoms with van der Waals surface area (Å²) in [5.41, 5.74) is 10.6. The number of hydrogen-bond acceptors (Lipinski definition) is 3. The fourth-order valence-corrected chi connectivity index (χ4v) is 3.06. The molecular formula is C17H20N2S. The van der Waals surface area contributed by atoms with Gasteiger partial charge >= 0.3 is 0 Å². The summed E-state index contributed by atoms with van der Waals surface area (Å²) in [5, 5.41) is 2.10. The Morgan fingerprint density at radius 1 is 1.05 bits per heavy atom. The van der Waals surface area contributed by atoms with Crippen molar-refractivity contribution in [1.82, 2.24) is 10.9 Å². The summed E-state index contributed by atoms with van der Waals surface area (Å²) < 4.78 is 0. The summed E-state index contributed by atoms with van der Waals surface area (Å²) in [5.74, 6) is 0. The highest BCUT2D eigenvalue weighted by Gasteiger charge is 2.19. The van der Waals surface area contributed by atoms with E-state index in [0.717, 1.165) is 0 Å². The van der Waals surface area contributed by atoms with Gasteiger partial charge in [-0.15, -0.1) is 11.3 Å². The van der Waals surface area contributed by atoms with Crippen molar-refractivity contribution < 1.29 is 0 Å². The molecule has 0 fully saturated rings. The van der Waals surface area contributed by atoms with Crippen LogP contribution in [0.4, 0.5) is 0 Å². The molecule has 0 aliphatic carbocycles. The smallest absolute Gasteiger partial charge is 0.0714 e. The second-order valence-electron chi connectivity index (χ2n) is 6.18. The fourth-order valence-electron chi connectivity index (χ4n) is 2.35. The van der Waals surface area contributed by atoms with Crippen LogP contribution in [-0.4, -0.2) is 0 Å². The summed E-state index contributed by atoms with van der Waals surface area (Å²) >= 11 is 1.75. The van der Waals surface area contributed by atoms with Crippen LogP contribution in [0.15, 0.2) is 47.9 Å². The second-order valence-corrected chi connectivity index (χ2v) is 7.12. The van der Waals surface area contributed by atoms with Gasteiger partial charge < -0.3 is 5.43 Å². The molecule has 1 aliphatic heterocycles. The molecule has 0 saturated carbocycles. The Hall–Kier alpha value is -1.58. The van der Waals surface area contributed by atoms with Gasteiger partial charge in [-0.2, -0.15) is 0 Å². The third kappa shape index (κ3) is 2.65. The minimum atomic E-state index is 0.206. The Labute approximate surface area is 124 Å². The zero-order chi connectivity index (χ0) is 14.2. The molecule has 1 aromatic carbocycles. The molecule has 1 atom stereocenters. The molecule has 1 aromatic heterocycles. The number of thiophene rings is 1. The average molecular weight is 284 g/mol. The average Bonchev–Trinajstić information content (AvgIpc) is 3.09. The molecule has 104 valence electrons. The van der Waals surface area contributed by atoms with E-state index < -0.39 is 0 Å². The first-order valence-electron chi connectivity index (χ1n) is 6.92. The van der Waals surface area contributed by atoms with Crippen molar-refractivity contribution in [2.45, 2.75) is 32.2 Å². The van der Waals surface area contributed by atoms with Gasteiger partial charge in [-0.05, 0) is 34.1 Å². The van der Waals surface area contributed by atoms with Gasteiger partial charge in [-0.25, -0.2) is 5.43 Å². The van der Waals surface area contributed by atoms with E-state index in [-0.39, 0.29) is 11.5 Å². The largest absolute Gasteiger partial charge is 0.319 e. The summed E-state index contributed by atoms with van der Waals surface area (Å²) in [6.07, 6.45) is 2.25. The maximum Gasteiger partial charge on any atom is 0.0714 e. The molecule has 20 heavy (non-hydrogen) atoms. The lowest BCUT2D eigenvalue weighted by Gasteiger charge is -2.19. The van der Waals surface area contributed by atoms with Crippen molar-refractivity contribution in [3.63, 3.8) is 0 Å².